The highest BCUT2D eigenvalue weighted by Gasteiger charge is 2.23. The highest BCUT2D eigenvalue weighted by molar-refractivity contribution is 5.79. The van der Waals surface area contributed by atoms with Crippen molar-refractivity contribution in [2.45, 2.75) is 19.3 Å². The van der Waals surface area contributed by atoms with Gasteiger partial charge in [0.25, 0.3) is 0 Å². The number of amides is 1. The van der Waals surface area contributed by atoms with Gasteiger partial charge in [-0.2, -0.15) is 0 Å². The molecule has 1 atom stereocenters. The van der Waals surface area contributed by atoms with Crippen LogP contribution in [0.2, 0.25) is 0 Å². The van der Waals surface area contributed by atoms with Gasteiger partial charge in [-0.15, -0.1) is 0 Å². The lowest BCUT2D eigenvalue weighted by Gasteiger charge is -2.23. The number of hydrogen-bond acceptors (Lipinski definition) is 3. The predicted molar refractivity (Wildman–Crippen MR) is 79.7 cm³/mol. The summed E-state index contributed by atoms with van der Waals surface area (Å²) < 4.78 is 4.95. The van der Waals surface area contributed by atoms with Crippen molar-refractivity contribution < 1.29 is 9.53 Å². The first-order chi connectivity index (χ1) is 9.81. The number of fused-ring (bicyclic) bond motifs is 1. The molecule has 4 nitrogen and oxygen atoms in total. The lowest BCUT2D eigenvalue weighted by Crippen LogP contribution is -2.38. The van der Waals surface area contributed by atoms with Crippen LogP contribution in [-0.4, -0.2) is 39.3 Å². The van der Waals surface area contributed by atoms with Crippen molar-refractivity contribution in [1.29, 1.82) is 0 Å². The smallest absolute Gasteiger partial charge is 0.223 e. The van der Waals surface area contributed by atoms with E-state index in [4.69, 9.17) is 4.74 Å². The Bertz CT molecular complexity index is 434. The molecule has 1 aliphatic rings. The average molecular weight is 276 g/mol. The van der Waals surface area contributed by atoms with Crippen LogP contribution in [0.1, 0.15) is 17.5 Å². The van der Waals surface area contributed by atoms with Crippen molar-refractivity contribution in [2.24, 2.45) is 5.92 Å². The van der Waals surface area contributed by atoms with Crippen LogP contribution in [0.4, 0.5) is 0 Å². The van der Waals surface area contributed by atoms with Gasteiger partial charge < -0.3 is 15.4 Å². The number of hydrogen-bond donors (Lipinski definition) is 2. The van der Waals surface area contributed by atoms with Crippen molar-refractivity contribution >= 4 is 5.91 Å². The van der Waals surface area contributed by atoms with Crippen LogP contribution in [0.5, 0.6) is 0 Å². The van der Waals surface area contributed by atoms with Gasteiger partial charge in [-0.3, -0.25) is 4.79 Å². The zero-order chi connectivity index (χ0) is 14.2. The number of benzene rings is 1. The second-order valence-corrected chi connectivity index (χ2v) is 5.24. The molecule has 1 aromatic rings. The monoisotopic (exact) mass is 276 g/mol. The van der Waals surface area contributed by atoms with Gasteiger partial charge in [0.2, 0.25) is 5.91 Å². The lowest BCUT2D eigenvalue weighted by atomic mass is 9.83. The standard InChI is InChI=1S/C16H24N2O2/c1-20-11-10-17-8-9-18-16(19)15-7-6-13-4-2-3-5-14(13)12-15/h2-5,15,17H,6-12H2,1H3,(H,18,19). The summed E-state index contributed by atoms with van der Waals surface area (Å²) in [4.78, 5) is 12.1. The summed E-state index contributed by atoms with van der Waals surface area (Å²) >= 11 is 0. The second kappa shape index (κ2) is 8.02. The molecular weight excluding hydrogens is 252 g/mol. The van der Waals surface area contributed by atoms with Gasteiger partial charge in [0.1, 0.15) is 0 Å². The third kappa shape index (κ3) is 4.32. The van der Waals surface area contributed by atoms with Crippen LogP contribution in [0.15, 0.2) is 24.3 Å². The fourth-order valence-corrected chi connectivity index (χ4v) is 2.64. The highest BCUT2D eigenvalue weighted by Crippen LogP contribution is 2.25. The maximum Gasteiger partial charge on any atom is 0.223 e. The number of rotatable bonds is 7. The summed E-state index contributed by atoms with van der Waals surface area (Å²) in [6.07, 6.45) is 2.85. The van der Waals surface area contributed by atoms with E-state index in [0.29, 0.717) is 13.2 Å². The van der Waals surface area contributed by atoms with E-state index in [-0.39, 0.29) is 11.8 Å². The number of methoxy groups -OCH3 is 1. The molecule has 1 amide bonds. The van der Waals surface area contributed by atoms with Gasteiger partial charge in [-0.25, -0.2) is 0 Å². The molecule has 0 heterocycles. The Balaban J connectivity index is 1.69. The first kappa shape index (κ1) is 15.0. The van der Waals surface area contributed by atoms with Crippen molar-refractivity contribution in [1.82, 2.24) is 10.6 Å². The highest BCUT2D eigenvalue weighted by atomic mass is 16.5. The van der Waals surface area contributed by atoms with E-state index in [1.807, 2.05) is 0 Å². The molecule has 0 saturated carbocycles. The Kier molecular flexibility index (Phi) is 6.02. The molecule has 0 saturated heterocycles. The summed E-state index contributed by atoms with van der Waals surface area (Å²) in [5.74, 6) is 0.317. The van der Waals surface area contributed by atoms with Crippen LogP contribution in [0.25, 0.3) is 0 Å². The number of aryl methyl sites for hydroxylation is 1. The van der Waals surface area contributed by atoms with Gasteiger partial charge in [-0.1, -0.05) is 24.3 Å². The van der Waals surface area contributed by atoms with Crippen molar-refractivity contribution in [3.63, 3.8) is 0 Å². The Hall–Kier alpha value is -1.39. The number of carbonyl (C=O) groups is 1. The Morgan fingerprint density at radius 1 is 1.25 bits per heavy atom. The van der Waals surface area contributed by atoms with E-state index >= 15 is 0 Å². The predicted octanol–water partition coefficient (Wildman–Crippen LogP) is 1.14. The topological polar surface area (TPSA) is 50.4 Å². The molecule has 4 heteroatoms. The van der Waals surface area contributed by atoms with E-state index < -0.39 is 0 Å². The molecule has 2 N–H and O–H groups in total. The molecule has 0 radical (unpaired) electrons. The van der Waals surface area contributed by atoms with Crippen LogP contribution >= 0.6 is 0 Å². The average Bonchev–Trinajstić information content (AvgIpc) is 2.50. The molecular formula is C16H24N2O2. The zero-order valence-corrected chi connectivity index (χ0v) is 12.2. The second-order valence-electron chi connectivity index (χ2n) is 5.24. The normalized spacial score (nSPS) is 17.6. The molecule has 0 aliphatic heterocycles. The summed E-state index contributed by atoms with van der Waals surface area (Å²) in [7, 11) is 1.68. The Morgan fingerprint density at radius 3 is 2.85 bits per heavy atom. The van der Waals surface area contributed by atoms with Crippen LogP contribution in [-0.2, 0) is 22.4 Å². The van der Waals surface area contributed by atoms with E-state index in [9.17, 15) is 4.79 Å². The molecule has 0 bridgehead atoms. The number of nitrogens with one attached hydrogen (secondary N) is 2. The van der Waals surface area contributed by atoms with Crippen LogP contribution < -0.4 is 10.6 Å². The SMILES string of the molecule is COCCNCCNC(=O)C1CCc2ccccc2C1. The first-order valence-corrected chi connectivity index (χ1v) is 7.35. The Labute approximate surface area is 120 Å². The summed E-state index contributed by atoms with van der Waals surface area (Å²) in [6.45, 7) is 3.00. The minimum Gasteiger partial charge on any atom is -0.383 e. The summed E-state index contributed by atoms with van der Waals surface area (Å²) in [5, 5.41) is 6.24. The van der Waals surface area contributed by atoms with E-state index in [1.54, 1.807) is 7.11 Å². The van der Waals surface area contributed by atoms with Gasteiger partial charge in [0.05, 0.1) is 6.61 Å². The lowest BCUT2D eigenvalue weighted by molar-refractivity contribution is -0.125. The summed E-state index contributed by atoms with van der Waals surface area (Å²) in [6, 6.07) is 8.44. The van der Waals surface area contributed by atoms with Crippen molar-refractivity contribution in [3.05, 3.63) is 35.4 Å². The third-order valence-corrected chi connectivity index (χ3v) is 3.80. The van der Waals surface area contributed by atoms with Gasteiger partial charge in [0, 0.05) is 32.7 Å². The van der Waals surface area contributed by atoms with Gasteiger partial charge in [0.15, 0.2) is 0 Å². The molecule has 1 unspecified atom stereocenters. The maximum absolute atomic E-state index is 12.1. The first-order valence-electron chi connectivity index (χ1n) is 7.35. The van der Waals surface area contributed by atoms with E-state index in [2.05, 4.69) is 34.9 Å². The zero-order valence-electron chi connectivity index (χ0n) is 12.2. The largest absolute Gasteiger partial charge is 0.383 e. The summed E-state index contributed by atoms with van der Waals surface area (Å²) in [5.41, 5.74) is 2.73. The molecule has 1 aliphatic carbocycles. The quantitative estimate of drug-likeness (QED) is 0.734. The van der Waals surface area contributed by atoms with Crippen molar-refractivity contribution in [3.8, 4) is 0 Å². The van der Waals surface area contributed by atoms with Crippen molar-refractivity contribution in [2.75, 3.05) is 33.4 Å². The van der Waals surface area contributed by atoms with E-state index in [1.165, 1.54) is 11.1 Å². The molecule has 0 spiro atoms. The molecule has 110 valence electrons. The molecule has 1 aromatic carbocycles. The molecule has 0 fully saturated rings. The fourth-order valence-electron chi connectivity index (χ4n) is 2.64. The fraction of sp³-hybridized carbons (Fsp3) is 0.562. The molecule has 20 heavy (non-hydrogen) atoms. The molecule has 0 aromatic heterocycles. The minimum atomic E-state index is 0.129. The van der Waals surface area contributed by atoms with Crippen LogP contribution in [0.3, 0.4) is 0 Å². The van der Waals surface area contributed by atoms with Gasteiger partial charge >= 0.3 is 0 Å². The Morgan fingerprint density at radius 2 is 2.05 bits per heavy atom. The van der Waals surface area contributed by atoms with Gasteiger partial charge in [-0.05, 0) is 30.4 Å². The third-order valence-electron chi connectivity index (χ3n) is 3.80. The maximum atomic E-state index is 12.1. The number of ether oxygens (including phenoxy) is 1. The van der Waals surface area contributed by atoms with Crippen LogP contribution in [0, 0.1) is 5.92 Å². The minimum absolute atomic E-state index is 0.129. The van der Waals surface area contributed by atoms with E-state index in [0.717, 1.165) is 32.4 Å². The molecule has 2 rings (SSSR count). The number of carbonyl (C=O) groups excluding carboxylic acids is 1.